The molecule has 1 heterocycles. The fourth-order valence-electron chi connectivity index (χ4n) is 2.50. The van der Waals surface area contributed by atoms with E-state index in [4.69, 9.17) is 0 Å². The maximum absolute atomic E-state index is 3.40. The molecular weight excluding hydrogens is 172 g/mol. The van der Waals surface area contributed by atoms with Gasteiger partial charge in [0.05, 0.1) is 0 Å². The number of piperidine rings is 1. The monoisotopic (exact) mass is 196 g/mol. The third-order valence-electron chi connectivity index (χ3n) is 3.70. The molecule has 1 saturated heterocycles. The van der Waals surface area contributed by atoms with Gasteiger partial charge in [-0.3, -0.25) is 0 Å². The third-order valence-corrected chi connectivity index (χ3v) is 3.70. The molecule has 0 bridgehead atoms. The number of likely N-dealkylation sites (N-methyl/N-ethyl adjacent to an activating group) is 1. The molecule has 0 radical (unpaired) electrons. The van der Waals surface area contributed by atoms with Gasteiger partial charge in [0.15, 0.2) is 0 Å². The molecule has 1 atom stereocenters. The van der Waals surface area contributed by atoms with Crippen LogP contribution in [0.25, 0.3) is 0 Å². The van der Waals surface area contributed by atoms with Crippen molar-refractivity contribution in [3.05, 3.63) is 0 Å². The van der Waals surface area contributed by atoms with E-state index in [1.807, 2.05) is 0 Å². The number of nitrogens with one attached hydrogen (secondary N) is 1. The summed E-state index contributed by atoms with van der Waals surface area (Å²) in [4.78, 5) is 2.65. The Hall–Kier alpha value is -0.0800. The van der Waals surface area contributed by atoms with Gasteiger partial charge in [-0.25, -0.2) is 0 Å². The first-order valence-corrected chi connectivity index (χ1v) is 6.28. The summed E-state index contributed by atoms with van der Waals surface area (Å²) in [5, 5.41) is 3.40. The van der Waals surface area contributed by atoms with E-state index in [-0.39, 0.29) is 0 Å². The van der Waals surface area contributed by atoms with E-state index >= 15 is 0 Å². The molecule has 0 amide bonds. The van der Waals surface area contributed by atoms with Crippen LogP contribution in [0.15, 0.2) is 0 Å². The Bertz CT molecular complexity index is 166. The lowest BCUT2D eigenvalue weighted by molar-refractivity contribution is 0.191. The summed E-state index contributed by atoms with van der Waals surface area (Å²) in [5.74, 6) is 1.11. The summed E-state index contributed by atoms with van der Waals surface area (Å²) in [6, 6.07) is 0.754. The maximum atomic E-state index is 3.40. The predicted molar refractivity (Wildman–Crippen MR) is 60.5 cm³/mol. The molecule has 0 spiro atoms. The minimum Gasteiger partial charge on any atom is -0.316 e. The molecule has 2 rings (SSSR count). The van der Waals surface area contributed by atoms with Crippen molar-refractivity contribution in [3.8, 4) is 0 Å². The predicted octanol–water partition coefficient (Wildman–Crippen LogP) is 1.86. The SMILES string of the molecule is CNC1CCCN(CCCC2CC2)C1. The number of nitrogens with zero attached hydrogens (tertiary/aromatic N) is 1. The average Bonchev–Trinajstić information content (AvgIpc) is 3.02. The van der Waals surface area contributed by atoms with Crippen LogP contribution in [-0.4, -0.2) is 37.6 Å². The molecule has 82 valence electrons. The second-order valence-electron chi connectivity index (χ2n) is 5.01. The molecule has 2 heteroatoms. The number of hydrogen-bond donors (Lipinski definition) is 1. The zero-order valence-electron chi connectivity index (χ0n) is 9.47. The van der Waals surface area contributed by atoms with Crippen molar-refractivity contribution in [2.75, 3.05) is 26.7 Å². The Morgan fingerprint density at radius 1 is 1.29 bits per heavy atom. The van der Waals surface area contributed by atoms with Crippen LogP contribution < -0.4 is 5.32 Å². The Morgan fingerprint density at radius 3 is 2.86 bits per heavy atom. The Labute approximate surface area is 88.1 Å². The van der Waals surface area contributed by atoms with Crippen molar-refractivity contribution in [3.63, 3.8) is 0 Å². The molecular formula is C12H24N2. The normalized spacial score (nSPS) is 29.4. The van der Waals surface area contributed by atoms with Gasteiger partial charge in [0, 0.05) is 12.6 Å². The topological polar surface area (TPSA) is 15.3 Å². The zero-order chi connectivity index (χ0) is 9.80. The molecule has 1 aliphatic heterocycles. The van der Waals surface area contributed by atoms with Crippen LogP contribution in [-0.2, 0) is 0 Å². The third kappa shape index (κ3) is 3.25. The molecule has 2 fully saturated rings. The summed E-state index contributed by atoms with van der Waals surface area (Å²) in [6.07, 6.45) is 8.70. The Kier molecular flexibility index (Phi) is 3.82. The fraction of sp³-hybridized carbons (Fsp3) is 1.00. The molecule has 1 unspecified atom stereocenters. The van der Waals surface area contributed by atoms with Gasteiger partial charge in [-0.1, -0.05) is 12.8 Å². The first-order valence-electron chi connectivity index (χ1n) is 6.28. The minimum atomic E-state index is 0.754. The van der Waals surface area contributed by atoms with Crippen LogP contribution in [0.1, 0.15) is 38.5 Å². The highest BCUT2D eigenvalue weighted by Crippen LogP contribution is 2.33. The highest BCUT2D eigenvalue weighted by molar-refractivity contribution is 4.78. The molecule has 1 N–H and O–H groups in total. The van der Waals surface area contributed by atoms with Crippen molar-refractivity contribution in [2.45, 2.75) is 44.6 Å². The van der Waals surface area contributed by atoms with E-state index in [1.54, 1.807) is 0 Å². The van der Waals surface area contributed by atoms with E-state index in [9.17, 15) is 0 Å². The smallest absolute Gasteiger partial charge is 0.0192 e. The highest BCUT2D eigenvalue weighted by Gasteiger charge is 2.22. The molecule has 1 aliphatic carbocycles. The van der Waals surface area contributed by atoms with Gasteiger partial charge in [0.25, 0.3) is 0 Å². The van der Waals surface area contributed by atoms with Crippen molar-refractivity contribution in [1.29, 1.82) is 0 Å². The molecule has 14 heavy (non-hydrogen) atoms. The summed E-state index contributed by atoms with van der Waals surface area (Å²) >= 11 is 0. The van der Waals surface area contributed by atoms with Gasteiger partial charge in [-0.15, -0.1) is 0 Å². The number of rotatable bonds is 5. The lowest BCUT2D eigenvalue weighted by Crippen LogP contribution is -2.44. The molecule has 2 nitrogen and oxygen atoms in total. The lowest BCUT2D eigenvalue weighted by Gasteiger charge is -2.32. The summed E-state index contributed by atoms with van der Waals surface area (Å²) in [5.41, 5.74) is 0. The average molecular weight is 196 g/mol. The first kappa shape index (κ1) is 10.4. The Morgan fingerprint density at radius 2 is 2.14 bits per heavy atom. The molecule has 0 aromatic carbocycles. The molecule has 0 aromatic heterocycles. The van der Waals surface area contributed by atoms with Gasteiger partial charge in [0.1, 0.15) is 0 Å². The molecule has 1 saturated carbocycles. The Balaban J connectivity index is 1.58. The number of likely N-dealkylation sites (tertiary alicyclic amines) is 1. The summed E-state index contributed by atoms with van der Waals surface area (Å²) < 4.78 is 0. The van der Waals surface area contributed by atoms with Crippen LogP contribution in [0.2, 0.25) is 0 Å². The van der Waals surface area contributed by atoms with E-state index in [1.165, 1.54) is 58.2 Å². The quantitative estimate of drug-likeness (QED) is 0.722. The van der Waals surface area contributed by atoms with Gasteiger partial charge in [-0.2, -0.15) is 0 Å². The first-order chi connectivity index (χ1) is 6.88. The maximum Gasteiger partial charge on any atom is 0.0192 e. The van der Waals surface area contributed by atoms with E-state index in [2.05, 4.69) is 17.3 Å². The second kappa shape index (κ2) is 5.13. The van der Waals surface area contributed by atoms with E-state index in [0.29, 0.717) is 0 Å². The summed E-state index contributed by atoms with van der Waals surface area (Å²) in [7, 11) is 2.10. The highest BCUT2D eigenvalue weighted by atomic mass is 15.2. The fourth-order valence-corrected chi connectivity index (χ4v) is 2.50. The molecule has 2 aliphatic rings. The van der Waals surface area contributed by atoms with Crippen molar-refractivity contribution >= 4 is 0 Å². The van der Waals surface area contributed by atoms with Crippen molar-refractivity contribution < 1.29 is 0 Å². The molecule has 0 aromatic rings. The van der Waals surface area contributed by atoms with E-state index < -0.39 is 0 Å². The van der Waals surface area contributed by atoms with Gasteiger partial charge >= 0.3 is 0 Å². The number of hydrogen-bond acceptors (Lipinski definition) is 2. The van der Waals surface area contributed by atoms with Crippen molar-refractivity contribution in [2.24, 2.45) is 5.92 Å². The van der Waals surface area contributed by atoms with Gasteiger partial charge in [0.2, 0.25) is 0 Å². The minimum absolute atomic E-state index is 0.754. The largest absolute Gasteiger partial charge is 0.316 e. The van der Waals surface area contributed by atoms with Crippen molar-refractivity contribution in [1.82, 2.24) is 10.2 Å². The van der Waals surface area contributed by atoms with Crippen LogP contribution in [0.5, 0.6) is 0 Å². The van der Waals surface area contributed by atoms with Gasteiger partial charge < -0.3 is 10.2 Å². The van der Waals surface area contributed by atoms with Crippen LogP contribution >= 0.6 is 0 Å². The zero-order valence-corrected chi connectivity index (χ0v) is 9.47. The van der Waals surface area contributed by atoms with E-state index in [0.717, 1.165) is 12.0 Å². The van der Waals surface area contributed by atoms with Crippen LogP contribution in [0.3, 0.4) is 0 Å². The second-order valence-corrected chi connectivity index (χ2v) is 5.01. The van der Waals surface area contributed by atoms with Gasteiger partial charge in [-0.05, 0) is 51.7 Å². The summed E-state index contributed by atoms with van der Waals surface area (Å²) in [6.45, 7) is 3.96. The lowest BCUT2D eigenvalue weighted by atomic mass is 10.1. The standard InChI is InChI=1S/C12H24N2/c1-13-12-5-3-9-14(10-12)8-2-4-11-6-7-11/h11-13H,2-10H2,1H3. The van der Waals surface area contributed by atoms with Crippen LogP contribution in [0.4, 0.5) is 0 Å². The van der Waals surface area contributed by atoms with Crippen LogP contribution in [0, 0.1) is 5.92 Å².